The van der Waals surface area contributed by atoms with Gasteiger partial charge in [0.25, 0.3) is 8.68 Å². The minimum atomic E-state index is -1.43. The van der Waals surface area contributed by atoms with Crippen molar-refractivity contribution in [2.75, 3.05) is 7.05 Å². The highest BCUT2D eigenvalue weighted by molar-refractivity contribution is 6.41. The van der Waals surface area contributed by atoms with Crippen LogP contribution >= 0.6 is 0 Å². The molecule has 0 bridgehead atoms. The second-order valence-electron chi connectivity index (χ2n) is 6.16. The van der Waals surface area contributed by atoms with Gasteiger partial charge in [-0.05, 0) is 48.0 Å². The fraction of sp³-hybridized carbons (Fsp3) is 0.412. The van der Waals surface area contributed by atoms with Gasteiger partial charge in [0, 0.05) is 18.8 Å². The largest absolute Gasteiger partial charge is 0.389 e. The molecule has 0 saturated carbocycles. The fourth-order valence-corrected chi connectivity index (χ4v) is 4.39. The number of hydrogen-bond acceptors (Lipinski definition) is 3. The molecule has 6 heteroatoms. The molecule has 5 nitrogen and oxygen atoms in total. The number of hydrogen-bond donors (Lipinski definition) is 1. The highest BCUT2D eigenvalue weighted by Gasteiger charge is 2.24. The van der Waals surface area contributed by atoms with Crippen molar-refractivity contribution < 1.29 is 9.26 Å². The molecule has 2 aromatic rings. The molecule has 0 spiro atoms. The third-order valence-corrected chi connectivity index (χ3v) is 5.50. The van der Waals surface area contributed by atoms with Gasteiger partial charge in [-0.2, -0.15) is 5.10 Å². The predicted molar refractivity (Wildman–Crippen MR) is 89.9 cm³/mol. The number of likely N-dealkylation sites (N-methyl/N-ethyl adjacent to an activating group) is 1. The van der Waals surface area contributed by atoms with Crippen LogP contribution in [0.4, 0.5) is 0 Å². The molecule has 0 aliphatic heterocycles. The summed E-state index contributed by atoms with van der Waals surface area (Å²) in [5.74, 6) is 0.387. The van der Waals surface area contributed by atoms with Crippen LogP contribution in [0.25, 0.3) is 11.1 Å². The molecule has 3 rings (SSSR count). The molecular weight excluding hydrogens is 306 g/mol. The average molecular weight is 327 g/mol. The second-order valence-corrected chi connectivity index (χ2v) is 7.97. The Morgan fingerprint density at radius 2 is 2.26 bits per heavy atom. The Kier molecular flexibility index (Phi) is 4.52. The number of amides is 1. The van der Waals surface area contributed by atoms with Gasteiger partial charge in [-0.3, -0.25) is 9.48 Å². The number of aryl methyl sites for hydroxylation is 1. The van der Waals surface area contributed by atoms with E-state index in [1.54, 1.807) is 17.9 Å². The van der Waals surface area contributed by atoms with Crippen molar-refractivity contribution in [2.24, 2.45) is 0 Å². The zero-order valence-corrected chi connectivity index (χ0v) is 14.5. The first-order chi connectivity index (χ1) is 11.1. The monoisotopic (exact) mass is 327 g/mol. The lowest BCUT2D eigenvalue weighted by Gasteiger charge is -2.09. The number of nitrogens with one attached hydrogen (secondary N) is 1. The van der Waals surface area contributed by atoms with Crippen molar-refractivity contribution in [3.05, 3.63) is 41.7 Å². The van der Waals surface area contributed by atoms with Crippen LogP contribution < -0.4 is 5.32 Å². The summed E-state index contributed by atoms with van der Waals surface area (Å²) in [6, 6.07) is 7.30. The van der Waals surface area contributed by atoms with E-state index in [0.717, 1.165) is 30.0 Å². The van der Waals surface area contributed by atoms with Gasteiger partial charge < -0.3 is 9.78 Å². The topological polar surface area (TPSA) is 64.0 Å². The lowest BCUT2D eigenvalue weighted by molar-refractivity contribution is -0.121. The molecule has 1 aromatic carbocycles. The molecule has 0 radical (unpaired) electrons. The van der Waals surface area contributed by atoms with Crippen molar-refractivity contribution >= 4 is 14.6 Å². The predicted octanol–water partition coefficient (Wildman–Crippen LogP) is 2.38. The standard InChI is InChI=1S/C17H21N3O2Si/c1-18-17(21)10-20-9-15(8-19-20)12-5-6-16-13(7-12)3-4-14(16)11-23(2)22/h5-9,14H,3-4,10-11H2,1-2H3,(H,18,21)/t14-/m1/s1. The van der Waals surface area contributed by atoms with Crippen molar-refractivity contribution in [3.8, 4) is 11.1 Å². The molecule has 1 aliphatic carbocycles. The van der Waals surface area contributed by atoms with E-state index in [1.165, 1.54) is 11.1 Å². The van der Waals surface area contributed by atoms with Gasteiger partial charge in [0.05, 0.1) is 6.20 Å². The molecule has 120 valence electrons. The molecule has 1 heterocycles. The fourth-order valence-electron chi connectivity index (χ4n) is 3.27. The Morgan fingerprint density at radius 3 is 3.00 bits per heavy atom. The normalized spacial score (nSPS) is 16.2. The third kappa shape index (κ3) is 3.47. The summed E-state index contributed by atoms with van der Waals surface area (Å²) in [5, 5.41) is 6.84. The zero-order chi connectivity index (χ0) is 16.4. The SMILES string of the molecule is CNC(=O)Cn1cc(-c2ccc3c(c2)CC[C@@H]3C[Si](C)=O)cn1. The highest BCUT2D eigenvalue weighted by Crippen LogP contribution is 2.38. The Labute approximate surface area is 137 Å². The maximum atomic E-state index is 11.6. The van der Waals surface area contributed by atoms with Gasteiger partial charge in [0.1, 0.15) is 6.54 Å². The number of benzene rings is 1. The van der Waals surface area contributed by atoms with Crippen LogP contribution in [0.2, 0.25) is 12.6 Å². The molecule has 1 amide bonds. The van der Waals surface area contributed by atoms with Gasteiger partial charge in [-0.15, -0.1) is 0 Å². The molecule has 0 unspecified atom stereocenters. The first kappa shape index (κ1) is 15.8. The van der Waals surface area contributed by atoms with E-state index in [2.05, 4.69) is 28.6 Å². The first-order valence-corrected chi connectivity index (χ1v) is 10.0. The molecule has 1 aliphatic rings. The molecule has 1 atom stereocenters. The Morgan fingerprint density at radius 1 is 1.43 bits per heavy atom. The number of carbonyl (C=O) groups is 1. The summed E-state index contributed by atoms with van der Waals surface area (Å²) in [6.45, 7) is 2.08. The summed E-state index contributed by atoms with van der Waals surface area (Å²) < 4.78 is 13.2. The van der Waals surface area contributed by atoms with Crippen molar-refractivity contribution in [1.29, 1.82) is 0 Å². The number of aromatic nitrogens is 2. The van der Waals surface area contributed by atoms with Gasteiger partial charge in [0.2, 0.25) is 5.91 Å². The van der Waals surface area contributed by atoms with E-state index < -0.39 is 8.68 Å². The third-order valence-electron chi connectivity index (χ3n) is 4.43. The van der Waals surface area contributed by atoms with E-state index in [1.807, 2.05) is 12.7 Å². The Balaban J connectivity index is 1.80. The molecule has 1 aromatic heterocycles. The summed E-state index contributed by atoms with van der Waals surface area (Å²) in [4.78, 5) is 11.4. The molecule has 1 N–H and O–H groups in total. The molecule has 0 fully saturated rings. The van der Waals surface area contributed by atoms with E-state index in [9.17, 15) is 9.26 Å². The average Bonchev–Trinajstić information content (AvgIpc) is 3.14. The van der Waals surface area contributed by atoms with Gasteiger partial charge >= 0.3 is 0 Å². The van der Waals surface area contributed by atoms with Crippen LogP contribution in [-0.4, -0.2) is 31.4 Å². The van der Waals surface area contributed by atoms with Gasteiger partial charge in [-0.1, -0.05) is 18.2 Å². The quantitative estimate of drug-likeness (QED) is 0.858. The van der Waals surface area contributed by atoms with Gasteiger partial charge in [0.15, 0.2) is 0 Å². The number of rotatable bonds is 5. The maximum Gasteiger partial charge on any atom is 0.273 e. The lowest BCUT2D eigenvalue weighted by Crippen LogP contribution is -2.23. The van der Waals surface area contributed by atoms with Crippen LogP contribution in [0.3, 0.4) is 0 Å². The van der Waals surface area contributed by atoms with E-state index in [4.69, 9.17) is 0 Å². The zero-order valence-electron chi connectivity index (χ0n) is 13.5. The number of nitrogens with zero attached hydrogens (tertiary/aromatic N) is 2. The van der Waals surface area contributed by atoms with Crippen molar-refractivity contribution in [3.63, 3.8) is 0 Å². The van der Waals surface area contributed by atoms with E-state index >= 15 is 0 Å². The van der Waals surface area contributed by atoms with Crippen LogP contribution in [0, 0.1) is 0 Å². The number of carbonyl (C=O) groups excluding carboxylic acids is 1. The molecular formula is C17H21N3O2Si. The minimum absolute atomic E-state index is 0.0637. The van der Waals surface area contributed by atoms with Gasteiger partial charge in [-0.25, -0.2) is 0 Å². The summed E-state index contributed by atoms with van der Waals surface area (Å²) in [5.41, 5.74) is 4.85. The van der Waals surface area contributed by atoms with Crippen LogP contribution in [0.5, 0.6) is 0 Å². The Bertz CT molecular complexity index is 754. The van der Waals surface area contributed by atoms with Crippen LogP contribution in [-0.2, 0) is 22.2 Å². The maximum absolute atomic E-state index is 11.6. The minimum Gasteiger partial charge on any atom is -0.389 e. The summed E-state index contributed by atoms with van der Waals surface area (Å²) >= 11 is 0. The molecule has 0 saturated heterocycles. The Hall–Kier alpha value is -2.08. The van der Waals surface area contributed by atoms with E-state index in [0.29, 0.717) is 5.92 Å². The molecule has 23 heavy (non-hydrogen) atoms. The van der Waals surface area contributed by atoms with Crippen molar-refractivity contribution in [1.82, 2.24) is 15.1 Å². The second kappa shape index (κ2) is 6.58. The van der Waals surface area contributed by atoms with Crippen LogP contribution in [0.1, 0.15) is 23.5 Å². The van der Waals surface area contributed by atoms with Crippen molar-refractivity contribution in [2.45, 2.75) is 37.9 Å². The number of fused-ring (bicyclic) bond motifs is 1. The lowest BCUT2D eigenvalue weighted by atomic mass is 9.99. The highest BCUT2D eigenvalue weighted by atomic mass is 28.3. The van der Waals surface area contributed by atoms with E-state index in [-0.39, 0.29) is 12.5 Å². The summed E-state index contributed by atoms with van der Waals surface area (Å²) in [7, 11) is 0.187. The smallest absolute Gasteiger partial charge is 0.273 e. The summed E-state index contributed by atoms with van der Waals surface area (Å²) in [6.07, 6.45) is 5.84. The first-order valence-electron chi connectivity index (χ1n) is 7.92. The van der Waals surface area contributed by atoms with Crippen LogP contribution in [0.15, 0.2) is 30.6 Å².